The molecule has 0 saturated carbocycles. The van der Waals surface area contributed by atoms with E-state index in [4.69, 9.17) is 26.4 Å². The normalized spacial score (nSPS) is 18.5. The Labute approximate surface area is 252 Å². The maximum Gasteiger partial charge on any atom is 0.407 e. The Balaban J connectivity index is 1.31. The molecule has 0 spiro atoms. The molecule has 1 aromatic carbocycles. The van der Waals surface area contributed by atoms with Crippen LogP contribution in [0, 0.1) is 12.8 Å². The molecule has 2 fully saturated rings. The maximum absolute atomic E-state index is 13.7. The first kappa shape index (κ1) is 30.1. The summed E-state index contributed by atoms with van der Waals surface area (Å²) in [5.74, 6) is 0.838. The molecule has 14 heteroatoms. The van der Waals surface area contributed by atoms with Crippen molar-refractivity contribution in [3.05, 3.63) is 52.3 Å². The lowest BCUT2D eigenvalue weighted by Crippen LogP contribution is -2.52. The first-order valence-corrected chi connectivity index (χ1v) is 15.4. The van der Waals surface area contributed by atoms with Gasteiger partial charge in [-0.25, -0.2) is 14.3 Å². The van der Waals surface area contributed by atoms with Crippen LogP contribution in [-0.2, 0) is 16.0 Å². The van der Waals surface area contributed by atoms with E-state index >= 15 is 0 Å². The van der Waals surface area contributed by atoms with Gasteiger partial charge in [-0.05, 0) is 65.2 Å². The lowest BCUT2D eigenvalue weighted by molar-refractivity contribution is 0.0515. The number of piperidine rings is 1. The molecule has 0 radical (unpaired) electrons. The monoisotopic (exact) mass is 616 g/mol. The zero-order valence-corrected chi connectivity index (χ0v) is 25.6. The Kier molecular flexibility index (Phi) is 8.63. The molecule has 2 N–H and O–H groups in total. The Morgan fingerprint density at radius 3 is 2.69 bits per heavy atom. The number of anilines is 2. The van der Waals surface area contributed by atoms with Gasteiger partial charge in [-0.3, -0.25) is 9.00 Å². The quantitative estimate of drug-likeness (QED) is 0.375. The number of benzene rings is 1. The Morgan fingerprint density at radius 1 is 1.21 bits per heavy atom. The summed E-state index contributed by atoms with van der Waals surface area (Å²) in [7, 11) is 0. The predicted molar refractivity (Wildman–Crippen MR) is 159 cm³/mol. The molecule has 4 heterocycles. The van der Waals surface area contributed by atoms with Crippen molar-refractivity contribution < 1.29 is 23.1 Å². The fourth-order valence-electron chi connectivity index (χ4n) is 5.43. The van der Waals surface area contributed by atoms with Crippen LogP contribution in [0.15, 0.2) is 30.5 Å². The van der Waals surface area contributed by atoms with Gasteiger partial charge in [-0.1, -0.05) is 11.6 Å². The van der Waals surface area contributed by atoms with Crippen LogP contribution in [-0.4, -0.2) is 72.0 Å². The second-order valence-corrected chi connectivity index (χ2v) is 12.9. The van der Waals surface area contributed by atoms with Crippen LogP contribution in [0.3, 0.4) is 0 Å². The van der Waals surface area contributed by atoms with Gasteiger partial charge >= 0.3 is 6.09 Å². The minimum absolute atomic E-state index is 0.174. The molecule has 2 saturated heterocycles. The number of carbonyl (C=O) groups excluding carboxylic acids is 2. The van der Waals surface area contributed by atoms with Crippen molar-refractivity contribution in [3.8, 4) is 0 Å². The second-order valence-electron chi connectivity index (χ2n) is 11.8. The summed E-state index contributed by atoms with van der Waals surface area (Å²) in [5.41, 5.74) is 2.19. The maximum atomic E-state index is 13.7. The van der Waals surface area contributed by atoms with Crippen molar-refractivity contribution >= 4 is 52.0 Å². The number of likely N-dealkylation sites (tertiary alicyclic amines) is 1. The minimum Gasteiger partial charge on any atom is -0.755 e. The summed E-state index contributed by atoms with van der Waals surface area (Å²) in [4.78, 5) is 34.5. The van der Waals surface area contributed by atoms with Gasteiger partial charge in [-0.2, -0.15) is 5.10 Å². The largest absolute Gasteiger partial charge is 0.755 e. The van der Waals surface area contributed by atoms with Crippen molar-refractivity contribution in [2.45, 2.75) is 58.6 Å². The highest BCUT2D eigenvalue weighted by atomic mass is 35.5. The average Bonchev–Trinajstić information content (AvgIpc) is 3.29. The fourth-order valence-corrected chi connectivity index (χ4v) is 5.95. The number of amides is 2. The molecule has 2 atom stereocenters. The van der Waals surface area contributed by atoms with Crippen molar-refractivity contribution in [2.24, 2.45) is 5.92 Å². The van der Waals surface area contributed by atoms with Gasteiger partial charge in [0, 0.05) is 66.2 Å². The van der Waals surface area contributed by atoms with E-state index in [1.54, 1.807) is 9.42 Å². The summed E-state index contributed by atoms with van der Waals surface area (Å²) in [6.07, 6.45) is 3.99. The molecule has 42 heavy (non-hydrogen) atoms. The number of ether oxygens (including phenoxy) is 1. The van der Waals surface area contributed by atoms with Gasteiger partial charge in [0.15, 0.2) is 5.65 Å². The van der Waals surface area contributed by atoms with Crippen molar-refractivity contribution in [1.29, 1.82) is 0 Å². The van der Waals surface area contributed by atoms with Crippen LogP contribution in [0.5, 0.6) is 0 Å². The molecule has 1 unspecified atom stereocenters. The molecule has 0 bridgehead atoms. The lowest BCUT2D eigenvalue weighted by atomic mass is 9.98. The molecular weight excluding hydrogens is 582 g/mol. The zero-order chi connectivity index (χ0) is 30.2. The highest BCUT2D eigenvalue weighted by molar-refractivity contribution is 7.80. The highest BCUT2D eigenvalue weighted by Crippen LogP contribution is 2.34. The first-order valence-electron chi connectivity index (χ1n) is 13.9. The smallest absolute Gasteiger partial charge is 0.407 e. The molecular formula is C28H35ClN7O5S-. The summed E-state index contributed by atoms with van der Waals surface area (Å²) >= 11 is 3.58. The average molecular weight is 617 g/mol. The van der Waals surface area contributed by atoms with Crippen LogP contribution in [0.2, 0.25) is 5.02 Å². The number of aryl methyl sites for hydroxylation is 1. The van der Waals surface area contributed by atoms with Gasteiger partial charge in [0.1, 0.15) is 11.4 Å². The number of rotatable bonds is 7. The molecule has 2 aliphatic heterocycles. The number of alkyl carbamates (subject to hydrolysis) is 1. The minimum atomic E-state index is -2.59. The van der Waals surface area contributed by atoms with Gasteiger partial charge in [0.25, 0.3) is 5.91 Å². The SMILES string of the molecule is Cc1cn2nc([C@@H]3CCCCN3C(=O)c3cc(Cl)ccc3NS(=O)[O-])cc2nc1N1CC(CNC(=O)OC(C)(C)C)C1. The van der Waals surface area contributed by atoms with E-state index in [2.05, 4.69) is 14.9 Å². The van der Waals surface area contributed by atoms with Crippen LogP contribution in [0.25, 0.3) is 5.65 Å². The number of halogens is 1. The number of carbonyl (C=O) groups is 2. The van der Waals surface area contributed by atoms with Crippen LogP contribution >= 0.6 is 11.6 Å². The Hall–Kier alpha value is -3.42. The molecule has 2 aliphatic rings. The van der Waals surface area contributed by atoms with E-state index in [-0.39, 0.29) is 23.2 Å². The number of hydrogen-bond acceptors (Lipinski definition) is 8. The third kappa shape index (κ3) is 6.79. The predicted octanol–water partition coefficient (Wildman–Crippen LogP) is 4.23. The standard InChI is InChI=1S/C28H36ClN7O5S/c1-17-14-36-24(31-25(17)34-15-18(16-34)13-30-27(38)41-28(2,3)4)12-22(32-36)23-7-5-6-10-35(23)26(37)20-11-19(29)8-9-21(20)33-42(39)40/h8-9,11-12,14,18,23,33H,5-7,10,13,15-16H2,1-4H3,(H,30,38)(H,39,40)/p-1/t23-/m0/s1. The summed E-state index contributed by atoms with van der Waals surface area (Å²) < 4.78 is 32.0. The third-order valence-electron chi connectivity index (χ3n) is 7.33. The van der Waals surface area contributed by atoms with Gasteiger partial charge in [0.05, 0.1) is 23.0 Å². The molecule has 226 valence electrons. The summed E-state index contributed by atoms with van der Waals surface area (Å²) in [6.45, 7) is 10.0. The topological polar surface area (TPSA) is 144 Å². The van der Waals surface area contributed by atoms with Crippen LogP contribution < -0.4 is 14.9 Å². The third-order valence-corrected chi connectivity index (χ3v) is 7.95. The molecule has 2 amide bonds. The van der Waals surface area contributed by atoms with Gasteiger partial charge in [0.2, 0.25) is 0 Å². The summed E-state index contributed by atoms with van der Waals surface area (Å²) in [5, 5.41) is 7.97. The Morgan fingerprint density at radius 2 is 1.98 bits per heavy atom. The van der Waals surface area contributed by atoms with E-state index in [1.807, 2.05) is 40.0 Å². The fraction of sp³-hybridized carbons (Fsp3) is 0.500. The second kappa shape index (κ2) is 12.1. The van der Waals surface area contributed by atoms with Crippen molar-refractivity contribution in [3.63, 3.8) is 0 Å². The first-order chi connectivity index (χ1) is 19.9. The van der Waals surface area contributed by atoms with E-state index < -0.39 is 23.0 Å². The van der Waals surface area contributed by atoms with Crippen molar-refractivity contribution in [2.75, 3.05) is 35.8 Å². The highest BCUT2D eigenvalue weighted by Gasteiger charge is 2.33. The van der Waals surface area contributed by atoms with E-state index in [0.29, 0.717) is 29.7 Å². The van der Waals surface area contributed by atoms with Crippen LogP contribution in [0.1, 0.15) is 67.7 Å². The number of nitrogens with one attached hydrogen (secondary N) is 2. The number of fused-ring (bicyclic) bond motifs is 1. The van der Waals surface area contributed by atoms with Gasteiger partial charge < -0.3 is 29.1 Å². The van der Waals surface area contributed by atoms with E-state index in [1.165, 1.54) is 18.2 Å². The summed E-state index contributed by atoms with van der Waals surface area (Å²) in [6, 6.07) is 6.11. The number of aromatic nitrogens is 3. The molecule has 0 aliphatic carbocycles. The van der Waals surface area contributed by atoms with Crippen LogP contribution in [0.4, 0.5) is 16.3 Å². The molecule has 3 aromatic rings. The Bertz CT molecular complexity index is 1520. The van der Waals surface area contributed by atoms with Gasteiger partial charge in [-0.15, -0.1) is 0 Å². The molecule has 2 aromatic heterocycles. The van der Waals surface area contributed by atoms with Crippen molar-refractivity contribution in [1.82, 2.24) is 24.8 Å². The van der Waals surface area contributed by atoms with E-state index in [0.717, 1.165) is 49.4 Å². The van der Waals surface area contributed by atoms with E-state index in [9.17, 15) is 18.4 Å². The number of hydrogen-bond donors (Lipinski definition) is 2. The molecule has 5 rings (SSSR count). The lowest BCUT2D eigenvalue weighted by Gasteiger charge is -2.40. The molecule has 12 nitrogen and oxygen atoms in total. The zero-order valence-electron chi connectivity index (χ0n) is 24.1. The number of nitrogens with zero attached hydrogens (tertiary/aromatic N) is 5.